The summed E-state index contributed by atoms with van der Waals surface area (Å²) in [6.45, 7) is 2.14. The van der Waals surface area contributed by atoms with Crippen LogP contribution in [0, 0.1) is 5.92 Å². The van der Waals surface area contributed by atoms with Gasteiger partial charge in [-0.05, 0) is 54.4 Å². The number of methoxy groups -OCH3 is 1. The zero-order valence-corrected chi connectivity index (χ0v) is 19.9. The number of hydrogen-bond acceptors (Lipinski definition) is 5. The van der Waals surface area contributed by atoms with Crippen molar-refractivity contribution in [1.82, 2.24) is 10.2 Å². The van der Waals surface area contributed by atoms with Crippen molar-refractivity contribution in [3.63, 3.8) is 0 Å². The first-order valence-electron chi connectivity index (χ1n) is 12.1. The second-order valence-corrected chi connectivity index (χ2v) is 9.65. The Bertz CT molecular complexity index is 1120. The number of aliphatic carboxylic acids is 1. The highest BCUT2D eigenvalue weighted by Crippen LogP contribution is 2.54. The second kappa shape index (κ2) is 9.00. The predicted octanol–water partition coefficient (Wildman–Crippen LogP) is 3.39. The van der Waals surface area contributed by atoms with Gasteiger partial charge < -0.3 is 24.8 Å². The summed E-state index contributed by atoms with van der Waals surface area (Å²) in [7, 11) is 1.45. The van der Waals surface area contributed by atoms with Gasteiger partial charge in [-0.1, -0.05) is 48.5 Å². The number of carbonyl (C=O) groups excluding carboxylic acids is 2. The molecule has 1 heterocycles. The van der Waals surface area contributed by atoms with Crippen molar-refractivity contribution in [2.75, 3.05) is 20.3 Å². The highest BCUT2D eigenvalue weighted by atomic mass is 16.5. The summed E-state index contributed by atoms with van der Waals surface area (Å²) in [5.74, 6) is -1.57. The molecule has 2 amide bonds. The SMILES string of the molecule is COC(C)C(NC(=O)OCC1c2ccccc2-c2ccccc21)C(=O)N1CCC[C@H]2C[C@]21C(=O)O. The molecule has 2 aromatic rings. The summed E-state index contributed by atoms with van der Waals surface area (Å²) in [6.07, 6.45) is 0.591. The van der Waals surface area contributed by atoms with Gasteiger partial charge in [0.15, 0.2) is 0 Å². The monoisotopic (exact) mass is 478 g/mol. The van der Waals surface area contributed by atoms with E-state index in [1.165, 1.54) is 12.0 Å². The summed E-state index contributed by atoms with van der Waals surface area (Å²) in [5.41, 5.74) is 3.28. The number of nitrogens with zero attached hydrogens (tertiary/aromatic N) is 1. The van der Waals surface area contributed by atoms with Crippen LogP contribution in [0.2, 0.25) is 0 Å². The van der Waals surface area contributed by atoms with Crippen molar-refractivity contribution in [3.05, 3.63) is 59.7 Å². The quantitative estimate of drug-likeness (QED) is 0.632. The largest absolute Gasteiger partial charge is 0.479 e. The van der Waals surface area contributed by atoms with Gasteiger partial charge in [0, 0.05) is 19.6 Å². The zero-order chi connectivity index (χ0) is 24.7. The standard InChI is InChI=1S/C27H30N2O6/c1-16(34-2)23(24(30)29-13-7-8-17-14-27(17,29)25(31)32)28-26(33)35-15-22-20-11-5-3-9-18(20)19-10-4-6-12-21(19)22/h3-6,9-12,16-17,22-23H,7-8,13-15H2,1-2H3,(H,28,33)(H,31,32)/t16?,17-,23?,27+/m0/s1. The molecule has 184 valence electrons. The lowest BCUT2D eigenvalue weighted by molar-refractivity contribution is -0.156. The molecule has 2 fully saturated rings. The number of alkyl carbamates (subject to hydrolysis) is 1. The highest BCUT2D eigenvalue weighted by Gasteiger charge is 2.67. The van der Waals surface area contributed by atoms with Crippen molar-refractivity contribution in [3.8, 4) is 11.1 Å². The van der Waals surface area contributed by atoms with Crippen molar-refractivity contribution in [1.29, 1.82) is 0 Å². The molecule has 1 saturated heterocycles. The number of hydrogen-bond donors (Lipinski definition) is 2. The van der Waals surface area contributed by atoms with E-state index in [4.69, 9.17) is 9.47 Å². The van der Waals surface area contributed by atoms with Crippen molar-refractivity contribution >= 4 is 18.0 Å². The number of benzene rings is 2. The Morgan fingerprint density at radius 2 is 1.74 bits per heavy atom. The molecule has 2 unspecified atom stereocenters. The molecular formula is C27H30N2O6. The molecule has 0 bridgehead atoms. The third kappa shape index (κ3) is 3.86. The lowest BCUT2D eigenvalue weighted by Crippen LogP contribution is -2.60. The van der Waals surface area contributed by atoms with E-state index in [0.29, 0.717) is 13.0 Å². The first kappa shape index (κ1) is 23.4. The minimum atomic E-state index is -1.16. The van der Waals surface area contributed by atoms with Gasteiger partial charge in [-0.15, -0.1) is 0 Å². The highest BCUT2D eigenvalue weighted by molar-refractivity contribution is 5.94. The summed E-state index contributed by atoms with van der Waals surface area (Å²) in [5, 5.41) is 12.5. The Labute approximate surface area is 204 Å². The first-order chi connectivity index (χ1) is 16.9. The van der Waals surface area contributed by atoms with Crippen LogP contribution in [0.3, 0.4) is 0 Å². The number of amides is 2. The Hall–Kier alpha value is -3.39. The van der Waals surface area contributed by atoms with Crippen LogP contribution in [0.5, 0.6) is 0 Å². The van der Waals surface area contributed by atoms with Gasteiger partial charge in [-0.25, -0.2) is 9.59 Å². The summed E-state index contributed by atoms with van der Waals surface area (Å²) in [4.78, 5) is 39.8. The lowest BCUT2D eigenvalue weighted by atomic mass is 9.98. The van der Waals surface area contributed by atoms with Crippen molar-refractivity contribution in [2.24, 2.45) is 5.92 Å². The summed E-state index contributed by atoms with van der Waals surface area (Å²) >= 11 is 0. The van der Waals surface area contributed by atoms with Crippen LogP contribution in [0.25, 0.3) is 11.1 Å². The topological polar surface area (TPSA) is 105 Å². The molecule has 5 rings (SSSR count). The van der Waals surface area contributed by atoms with E-state index in [0.717, 1.165) is 35.1 Å². The fourth-order valence-electron chi connectivity index (χ4n) is 5.82. The van der Waals surface area contributed by atoms with Crippen LogP contribution in [-0.4, -0.2) is 65.9 Å². The molecule has 0 radical (unpaired) electrons. The van der Waals surface area contributed by atoms with E-state index in [1.807, 2.05) is 36.4 Å². The third-order valence-corrected chi connectivity index (χ3v) is 7.85. The van der Waals surface area contributed by atoms with Crippen LogP contribution in [0.4, 0.5) is 4.79 Å². The van der Waals surface area contributed by atoms with Gasteiger partial charge in [0.2, 0.25) is 5.91 Å². The van der Waals surface area contributed by atoms with E-state index in [2.05, 4.69) is 17.4 Å². The van der Waals surface area contributed by atoms with E-state index in [1.54, 1.807) is 6.92 Å². The van der Waals surface area contributed by atoms with Crippen LogP contribution < -0.4 is 5.32 Å². The number of carbonyl (C=O) groups is 3. The molecule has 2 aromatic carbocycles. The molecule has 1 aliphatic heterocycles. The molecule has 0 aromatic heterocycles. The molecule has 35 heavy (non-hydrogen) atoms. The Balaban J connectivity index is 1.30. The summed E-state index contributed by atoms with van der Waals surface area (Å²) in [6, 6.07) is 15.1. The van der Waals surface area contributed by atoms with Gasteiger partial charge in [0.1, 0.15) is 18.2 Å². The molecule has 3 aliphatic rings. The van der Waals surface area contributed by atoms with Crippen molar-refractivity contribution < 1.29 is 29.0 Å². The predicted molar refractivity (Wildman–Crippen MR) is 128 cm³/mol. The number of nitrogens with one attached hydrogen (secondary N) is 1. The van der Waals surface area contributed by atoms with E-state index >= 15 is 0 Å². The Morgan fingerprint density at radius 3 is 2.34 bits per heavy atom. The number of likely N-dealkylation sites (tertiary alicyclic amines) is 1. The molecular weight excluding hydrogens is 448 g/mol. The molecule has 8 nitrogen and oxygen atoms in total. The number of ether oxygens (including phenoxy) is 2. The lowest BCUT2D eigenvalue weighted by Gasteiger charge is -2.37. The van der Waals surface area contributed by atoms with Gasteiger partial charge >= 0.3 is 12.1 Å². The smallest absolute Gasteiger partial charge is 0.407 e. The van der Waals surface area contributed by atoms with E-state index in [-0.39, 0.29) is 18.4 Å². The first-order valence-corrected chi connectivity index (χ1v) is 12.1. The van der Waals surface area contributed by atoms with E-state index in [9.17, 15) is 19.5 Å². The van der Waals surface area contributed by atoms with Crippen LogP contribution in [-0.2, 0) is 19.1 Å². The van der Waals surface area contributed by atoms with Gasteiger partial charge in [-0.3, -0.25) is 4.79 Å². The number of rotatable bonds is 7. The van der Waals surface area contributed by atoms with Crippen LogP contribution in [0.15, 0.2) is 48.5 Å². The number of piperidine rings is 1. The molecule has 2 aliphatic carbocycles. The number of fused-ring (bicyclic) bond motifs is 4. The fraction of sp³-hybridized carbons (Fsp3) is 0.444. The molecule has 4 atom stereocenters. The molecule has 2 N–H and O–H groups in total. The maximum Gasteiger partial charge on any atom is 0.407 e. The molecule has 0 spiro atoms. The molecule has 8 heteroatoms. The Kier molecular flexibility index (Phi) is 6.01. The minimum absolute atomic E-state index is 0.0364. The zero-order valence-electron chi connectivity index (χ0n) is 19.9. The normalized spacial score (nSPS) is 23.9. The Morgan fingerprint density at radius 1 is 1.11 bits per heavy atom. The molecule has 1 saturated carbocycles. The second-order valence-electron chi connectivity index (χ2n) is 9.65. The fourth-order valence-corrected chi connectivity index (χ4v) is 5.82. The average molecular weight is 479 g/mol. The minimum Gasteiger partial charge on any atom is -0.479 e. The van der Waals surface area contributed by atoms with Crippen LogP contribution in [0.1, 0.15) is 43.2 Å². The summed E-state index contributed by atoms with van der Waals surface area (Å²) < 4.78 is 11.0. The number of carboxylic acid groups (broad SMARTS) is 1. The maximum absolute atomic E-state index is 13.5. The average Bonchev–Trinajstić information content (AvgIpc) is 3.56. The van der Waals surface area contributed by atoms with Gasteiger partial charge in [0.25, 0.3) is 0 Å². The van der Waals surface area contributed by atoms with Crippen LogP contribution >= 0.6 is 0 Å². The third-order valence-electron chi connectivity index (χ3n) is 7.85. The maximum atomic E-state index is 13.5. The van der Waals surface area contributed by atoms with E-state index < -0.39 is 35.7 Å². The van der Waals surface area contributed by atoms with Crippen molar-refractivity contribution in [2.45, 2.75) is 49.8 Å². The van der Waals surface area contributed by atoms with Gasteiger partial charge in [-0.2, -0.15) is 0 Å². The number of carboxylic acids is 1. The van der Waals surface area contributed by atoms with Gasteiger partial charge in [0.05, 0.1) is 6.10 Å².